The van der Waals surface area contributed by atoms with Gasteiger partial charge in [0.1, 0.15) is 5.75 Å². The molecule has 0 saturated carbocycles. The number of benzene rings is 1. The number of hydrogen-bond donors (Lipinski definition) is 2. The maximum Gasteiger partial charge on any atom is 0.251 e. The van der Waals surface area contributed by atoms with Gasteiger partial charge in [0.15, 0.2) is 0 Å². The summed E-state index contributed by atoms with van der Waals surface area (Å²) in [6, 6.07) is 4.86. The summed E-state index contributed by atoms with van der Waals surface area (Å²) in [5, 5.41) is 12.2. The molecule has 0 aliphatic rings. The molecule has 0 aliphatic carbocycles. The first kappa shape index (κ1) is 14.0. The van der Waals surface area contributed by atoms with Gasteiger partial charge in [0.05, 0.1) is 0 Å². The van der Waals surface area contributed by atoms with Gasteiger partial charge < -0.3 is 10.4 Å². The molecule has 0 fully saturated rings. The summed E-state index contributed by atoms with van der Waals surface area (Å²) in [7, 11) is 0. The second-order valence-electron chi connectivity index (χ2n) is 4.10. The van der Waals surface area contributed by atoms with Crippen LogP contribution in [0.4, 0.5) is 0 Å². The van der Waals surface area contributed by atoms with E-state index in [4.69, 9.17) is 0 Å². The zero-order chi connectivity index (χ0) is 12.8. The summed E-state index contributed by atoms with van der Waals surface area (Å²) >= 11 is 3.51. The van der Waals surface area contributed by atoms with Crippen LogP contribution >= 0.6 is 15.9 Å². The molecule has 94 valence electrons. The largest absolute Gasteiger partial charge is 0.508 e. The summed E-state index contributed by atoms with van der Waals surface area (Å²) in [5.41, 5.74) is 1.29. The zero-order valence-electron chi connectivity index (χ0n) is 10.2. The Bertz CT molecular complexity index is 393. The van der Waals surface area contributed by atoms with Crippen LogP contribution in [0.5, 0.6) is 5.75 Å². The fourth-order valence-electron chi connectivity index (χ4n) is 1.52. The van der Waals surface area contributed by atoms with Crippen LogP contribution in [-0.2, 0) is 0 Å². The highest BCUT2D eigenvalue weighted by Crippen LogP contribution is 2.17. The number of hydrogen-bond acceptors (Lipinski definition) is 2. The number of halogens is 1. The van der Waals surface area contributed by atoms with Crippen molar-refractivity contribution < 1.29 is 9.90 Å². The lowest BCUT2D eigenvalue weighted by atomic mass is 10.1. The second kappa shape index (κ2) is 6.64. The first-order valence-electron chi connectivity index (χ1n) is 5.76. The van der Waals surface area contributed by atoms with E-state index in [1.54, 1.807) is 25.1 Å². The lowest BCUT2D eigenvalue weighted by molar-refractivity contribution is 0.0953. The smallest absolute Gasteiger partial charge is 0.251 e. The molecule has 1 atom stereocenters. The van der Waals surface area contributed by atoms with E-state index in [2.05, 4.69) is 28.2 Å². The Morgan fingerprint density at radius 3 is 2.82 bits per heavy atom. The monoisotopic (exact) mass is 299 g/mol. The van der Waals surface area contributed by atoms with E-state index >= 15 is 0 Å². The zero-order valence-corrected chi connectivity index (χ0v) is 11.8. The molecule has 4 heteroatoms. The number of amides is 1. The van der Waals surface area contributed by atoms with Crippen LogP contribution in [0.1, 0.15) is 35.7 Å². The Kier molecular flexibility index (Phi) is 5.48. The SMILES string of the molecule is CCCC(Br)CNC(=O)c1ccc(O)c(C)c1. The molecule has 0 saturated heterocycles. The lowest BCUT2D eigenvalue weighted by Gasteiger charge is -2.10. The van der Waals surface area contributed by atoms with Crippen molar-refractivity contribution in [3.05, 3.63) is 29.3 Å². The van der Waals surface area contributed by atoms with Gasteiger partial charge in [-0.3, -0.25) is 4.79 Å². The van der Waals surface area contributed by atoms with Crippen molar-refractivity contribution in [2.24, 2.45) is 0 Å². The minimum absolute atomic E-state index is 0.103. The second-order valence-corrected chi connectivity index (χ2v) is 5.39. The predicted molar refractivity (Wildman–Crippen MR) is 72.8 cm³/mol. The number of phenolic OH excluding ortho intramolecular Hbond substituents is 1. The third kappa shape index (κ3) is 4.38. The quantitative estimate of drug-likeness (QED) is 0.821. The molecule has 1 aromatic carbocycles. The number of aryl methyl sites for hydroxylation is 1. The fourth-order valence-corrected chi connectivity index (χ4v) is 2.14. The summed E-state index contributed by atoms with van der Waals surface area (Å²) < 4.78 is 0. The average Bonchev–Trinajstić information content (AvgIpc) is 2.30. The standard InChI is InChI=1S/C13H18BrNO2/c1-3-4-11(14)8-15-13(17)10-5-6-12(16)9(2)7-10/h5-7,11,16H,3-4,8H2,1-2H3,(H,15,17). The van der Waals surface area contributed by atoms with Gasteiger partial charge in [0.25, 0.3) is 5.91 Å². The maximum absolute atomic E-state index is 11.8. The molecule has 1 amide bonds. The maximum atomic E-state index is 11.8. The predicted octanol–water partition coefficient (Wildman–Crippen LogP) is 2.99. The molecule has 1 rings (SSSR count). The lowest BCUT2D eigenvalue weighted by Crippen LogP contribution is -2.29. The Balaban J connectivity index is 2.55. The Labute approximate surface area is 110 Å². The number of rotatable bonds is 5. The van der Waals surface area contributed by atoms with Crippen molar-refractivity contribution in [1.29, 1.82) is 0 Å². The molecule has 3 nitrogen and oxygen atoms in total. The number of alkyl halides is 1. The molecule has 17 heavy (non-hydrogen) atoms. The van der Waals surface area contributed by atoms with E-state index < -0.39 is 0 Å². The first-order chi connectivity index (χ1) is 8.04. The van der Waals surface area contributed by atoms with Crippen LogP contribution in [0, 0.1) is 6.92 Å². The summed E-state index contributed by atoms with van der Waals surface area (Å²) in [4.78, 5) is 12.1. The summed E-state index contributed by atoms with van der Waals surface area (Å²) in [5.74, 6) is 0.111. The molecule has 2 N–H and O–H groups in total. The van der Waals surface area contributed by atoms with Gasteiger partial charge in [0, 0.05) is 16.9 Å². The molecule has 0 heterocycles. The van der Waals surface area contributed by atoms with Crippen LogP contribution in [0.2, 0.25) is 0 Å². The van der Waals surface area contributed by atoms with Gasteiger partial charge in [-0.1, -0.05) is 29.3 Å². The molecule has 1 aromatic rings. The fraction of sp³-hybridized carbons (Fsp3) is 0.462. The third-order valence-electron chi connectivity index (χ3n) is 2.54. The van der Waals surface area contributed by atoms with E-state index in [0.29, 0.717) is 22.5 Å². The minimum atomic E-state index is -0.103. The van der Waals surface area contributed by atoms with Gasteiger partial charge in [-0.15, -0.1) is 0 Å². The normalized spacial score (nSPS) is 12.2. The van der Waals surface area contributed by atoms with Crippen molar-refractivity contribution in [3.63, 3.8) is 0 Å². The molecular weight excluding hydrogens is 282 g/mol. The van der Waals surface area contributed by atoms with Gasteiger partial charge in [0.2, 0.25) is 0 Å². The Morgan fingerprint density at radius 1 is 1.53 bits per heavy atom. The van der Waals surface area contributed by atoms with Crippen molar-refractivity contribution in [1.82, 2.24) is 5.32 Å². The van der Waals surface area contributed by atoms with Crippen molar-refractivity contribution in [2.45, 2.75) is 31.5 Å². The van der Waals surface area contributed by atoms with Crippen LogP contribution in [0.3, 0.4) is 0 Å². The van der Waals surface area contributed by atoms with Crippen molar-refractivity contribution in [3.8, 4) is 5.75 Å². The topological polar surface area (TPSA) is 49.3 Å². The minimum Gasteiger partial charge on any atom is -0.508 e. The highest BCUT2D eigenvalue weighted by molar-refractivity contribution is 9.09. The van der Waals surface area contributed by atoms with E-state index in [9.17, 15) is 9.90 Å². The molecule has 0 bridgehead atoms. The molecule has 0 aliphatic heterocycles. The molecule has 1 unspecified atom stereocenters. The van der Waals surface area contributed by atoms with E-state index in [0.717, 1.165) is 12.8 Å². The van der Waals surface area contributed by atoms with E-state index in [1.807, 2.05) is 0 Å². The van der Waals surface area contributed by atoms with Crippen LogP contribution in [-0.4, -0.2) is 22.4 Å². The Hall–Kier alpha value is -1.03. The van der Waals surface area contributed by atoms with Crippen LogP contribution in [0.25, 0.3) is 0 Å². The first-order valence-corrected chi connectivity index (χ1v) is 6.68. The number of aromatic hydroxyl groups is 1. The molecule has 0 radical (unpaired) electrons. The highest BCUT2D eigenvalue weighted by Gasteiger charge is 2.09. The van der Waals surface area contributed by atoms with Crippen LogP contribution < -0.4 is 5.32 Å². The average molecular weight is 300 g/mol. The van der Waals surface area contributed by atoms with Crippen LogP contribution in [0.15, 0.2) is 18.2 Å². The summed E-state index contributed by atoms with van der Waals surface area (Å²) in [6.45, 7) is 4.50. The summed E-state index contributed by atoms with van der Waals surface area (Å²) in [6.07, 6.45) is 2.12. The van der Waals surface area contributed by atoms with Crippen molar-refractivity contribution >= 4 is 21.8 Å². The molecule has 0 spiro atoms. The number of nitrogens with one attached hydrogen (secondary N) is 1. The van der Waals surface area contributed by atoms with E-state index in [1.165, 1.54) is 0 Å². The van der Waals surface area contributed by atoms with E-state index in [-0.39, 0.29) is 11.7 Å². The van der Waals surface area contributed by atoms with Gasteiger partial charge in [-0.25, -0.2) is 0 Å². The number of phenols is 1. The number of carbonyl (C=O) groups excluding carboxylic acids is 1. The molecular formula is C13H18BrNO2. The highest BCUT2D eigenvalue weighted by atomic mass is 79.9. The molecule has 0 aromatic heterocycles. The Morgan fingerprint density at radius 2 is 2.24 bits per heavy atom. The van der Waals surface area contributed by atoms with Gasteiger partial charge in [-0.05, 0) is 37.1 Å². The third-order valence-corrected chi connectivity index (χ3v) is 3.33. The van der Waals surface area contributed by atoms with Crippen molar-refractivity contribution in [2.75, 3.05) is 6.54 Å². The number of carbonyl (C=O) groups is 1. The van der Waals surface area contributed by atoms with Gasteiger partial charge >= 0.3 is 0 Å². The van der Waals surface area contributed by atoms with Gasteiger partial charge in [-0.2, -0.15) is 0 Å².